The van der Waals surface area contributed by atoms with Crippen molar-refractivity contribution in [2.45, 2.75) is 25.3 Å². The van der Waals surface area contributed by atoms with Crippen LogP contribution >= 0.6 is 0 Å². The topological polar surface area (TPSA) is 88.1 Å². The Labute approximate surface area is 139 Å². The van der Waals surface area contributed by atoms with Crippen LogP contribution in [0.5, 0.6) is 11.5 Å². The number of rotatable bonds is 7. The number of aryl methyl sites for hydroxylation is 1. The molecule has 0 aromatic heterocycles. The van der Waals surface area contributed by atoms with Crippen LogP contribution in [-0.4, -0.2) is 55.4 Å². The number of carbonyl (C=O) groups is 2. The van der Waals surface area contributed by atoms with Crippen LogP contribution in [0.4, 0.5) is 4.39 Å². The van der Waals surface area contributed by atoms with E-state index in [1.54, 1.807) is 11.5 Å². The maximum Gasteiger partial charge on any atom is 0.266 e. The minimum absolute atomic E-state index is 0.302. The Balaban J connectivity index is 2.32. The Hall–Kier alpha value is -2.35. The highest BCUT2D eigenvalue weighted by molar-refractivity contribution is 5.99. The molecule has 1 atom stereocenters. The van der Waals surface area contributed by atoms with E-state index in [2.05, 4.69) is 0 Å². The molecule has 0 bridgehead atoms. The summed E-state index contributed by atoms with van der Waals surface area (Å²) >= 11 is 0. The summed E-state index contributed by atoms with van der Waals surface area (Å²) in [5.41, 5.74) is 2.56. The summed E-state index contributed by atoms with van der Waals surface area (Å²) in [6, 6.07) is 2.47. The minimum Gasteiger partial charge on any atom is -0.493 e. The fourth-order valence-electron chi connectivity index (χ4n) is 2.75. The first-order valence-electron chi connectivity index (χ1n) is 7.63. The van der Waals surface area contributed by atoms with Gasteiger partial charge in [-0.25, -0.2) is 5.48 Å². The monoisotopic (exact) mass is 340 g/mol. The first kappa shape index (κ1) is 18.0. The first-order valence-corrected chi connectivity index (χ1v) is 7.63. The van der Waals surface area contributed by atoms with Crippen molar-refractivity contribution in [1.29, 1.82) is 0 Å². The van der Waals surface area contributed by atoms with Gasteiger partial charge in [0.2, 0.25) is 0 Å². The van der Waals surface area contributed by atoms with Gasteiger partial charge in [-0.2, -0.15) is 0 Å². The lowest BCUT2D eigenvalue weighted by Gasteiger charge is -2.39. The Morgan fingerprint density at radius 3 is 2.62 bits per heavy atom. The molecule has 1 unspecified atom stereocenters. The van der Waals surface area contributed by atoms with E-state index < -0.39 is 18.6 Å². The summed E-state index contributed by atoms with van der Waals surface area (Å²) in [7, 11) is 2.94. The second-order valence-electron chi connectivity index (χ2n) is 5.44. The number of methoxy groups -OCH3 is 2. The smallest absolute Gasteiger partial charge is 0.266 e. The average Bonchev–Trinajstić information content (AvgIpc) is 2.57. The Morgan fingerprint density at radius 2 is 2.12 bits per heavy atom. The number of amides is 2. The number of nitrogens with one attached hydrogen (secondary N) is 1. The van der Waals surface area contributed by atoms with Gasteiger partial charge < -0.3 is 14.4 Å². The van der Waals surface area contributed by atoms with Gasteiger partial charge >= 0.3 is 0 Å². The third-order valence-electron chi connectivity index (χ3n) is 4.08. The molecule has 1 aliphatic heterocycles. The van der Waals surface area contributed by atoms with Crippen molar-refractivity contribution in [3.05, 3.63) is 23.3 Å². The second-order valence-corrected chi connectivity index (χ2v) is 5.44. The number of ether oxygens (including phenoxy) is 2. The third kappa shape index (κ3) is 3.43. The largest absolute Gasteiger partial charge is 0.493 e. The fourth-order valence-corrected chi connectivity index (χ4v) is 2.75. The maximum atomic E-state index is 12.6. The normalized spacial score (nSPS) is 16.3. The van der Waals surface area contributed by atoms with Crippen molar-refractivity contribution >= 4 is 11.8 Å². The fraction of sp³-hybridized carbons (Fsp3) is 0.500. The van der Waals surface area contributed by atoms with Crippen LogP contribution in [0, 0.1) is 0 Å². The lowest BCUT2D eigenvalue weighted by molar-refractivity contribution is -0.137. The summed E-state index contributed by atoms with van der Waals surface area (Å²) in [6.07, 6.45) is 1.19. The van der Waals surface area contributed by atoms with Gasteiger partial charge in [0.15, 0.2) is 11.5 Å². The Bertz CT molecular complexity index is 623. The van der Waals surface area contributed by atoms with Crippen LogP contribution in [0.3, 0.4) is 0 Å². The number of alkyl halides is 1. The highest BCUT2D eigenvalue weighted by Crippen LogP contribution is 2.34. The highest BCUT2D eigenvalue weighted by atomic mass is 19.1. The van der Waals surface area contributed by atoms with E-state index in [0.717, 1.165) is 0 Å². The van der Waals surface area contributed by atoms with Gasteiger partial charge in [-0.05, 0) is 37.0 Å². The lowest BCUT2D eigenvalue weighted by Crippen LogP contribution is -2.57. The van der Waals surface area contributed by atoms with Crippen LogP contribution in [0.15, 0.2) is 12.1 Å². The number of hydrogen-bond donors (Lipinski definition) is 2. The van der Waals surface area contributed by atoms with Gasteiger partial charge in [0, 0.05) is 12.1 Å². The molecule has 132 valence electrons. The molecule has 24 heavy (non-hydrogen) atoms. The number of halogens is 1. The molecular weight excluding hydrogens is 319 g/mol. The van der Waals surface area contributed by atoms with Crippen molar-refractivity contribution < 1.29 is 28.7 Å². The van der Waals surface area contributed by atoms with Crippen LogP contribution in [0.1, 0.15) is 28.8 Å². The molecule has 0 spiro atoms. The third-order valence-corrected chi connectivity index (χ3v) is 4.08. The molecule has 0 saturated carbocycles. The van der Waals surface area contributed by atoms with E-state index in [9.17, 15) is 14.0 Å². The van der Waals surface area contributed by atoms with Crippen molar-refractivity contribution in [3.63, 3.8) is 0 Å². The van der Waals surface area contributed by atoms with Crippen molar-refractivity contribution in [2.24, 2.45) is 0 Å². The summed E-state index contributed by atoms with van der Waals surface area (Å²) in [6.45, 7) is -0.0560. The maximum absolute atomic E-state index is 12.6. The number of hydrogen-bond acceptors (Lipinski definition) is 5. The van der Waals surface area contributed by atoms with E-state index in [-0.39, 0.29) is 5.91 Å². The zero-order valence-electron chi connectivity index (χ0n) is 13.7. The van der Waals surface area contributed by atoms with Crippen LogP contribution in [0.2, 0.25) is 0 Å². The molecule has 7 nitrogen and oxygen atoms in total. The summed E-state index contributed by atoms with van der Waals surface area (Å²) < 4.78 is 23.1. The molecule has 1 aliphatic rings. The molecule has 2 N–H and O–H groups in total. The zero-order chi connectivity index (χ0) is 17.7. The predicted octanol–water partition coefficient (Wildman–Crippen LogP) is 1.33. The molecule has 2 rings (SSSR count). The molecule has 1 fully saturated rings. The van der Waals surface area contributed by atoms with E-state index >= 15 is 0 Å². The number of carbonyl (C=O) groups excluding carboxylic acids is 2. The second kappa shape index (κ2) is 7.96. The molecule has 1 aromatic carbocycles. The van der Waals surface area contributed by atoms with Crippen molar-refractivity contribution in [2.75, 3.05) is 27.4 Å². The van der Waals surface area contributed by atoms with E-state index in [1.807, 2.05) is 0 Å². The van der Waals surface area contributed by atoms with Gasteiger partial charge in [-0.3, -0.25) is 19.2 Å². The standard InChI is InChI=1S/C16H21FN2O5/c1-23-13-9-11(8-10(4-3-6-17)14(13)24-2)16(21)19-7-5-12(19)15(20)18-22/h8-9,12,22H,3-7H2,1-2H3,(H,18,20). The lowest BCUT2D eigenvalue weighted by atomic mass is 9.98. The molecular formula is C16H21FN2O5. The molecule has 1 aromatic rings. The molecule has 0 radical (unpaired) electrons. The Kier molecular flexibility index (Phi) is 5.97. The number of nitrogens with zero attached hydrogens (tertiary/aromatic N) is 1. The quantitative estimate of drug-likeness (QED) is 0.577. The first-order chi connectivity index (χ1) is 11.6. The zero-order valence-corrected chi connectivity index (χ0v) is 13.7. The molecule has 8 heteroatoms. The molecule has 0 aliphatic carbocycles. The molecule has 1 heterocycles. The number of likely N-dealkylation sites (tertiary alicyclic amines) is 1. The van der Waals surface area contributed by atoms with E-state index in [1.165, 1.54) is 25.2 Å². The summed E-state index contributed by atoms with van der Waals surface area (Å²) in [5, 5.41) is 8.72. The SMILES string of the molecule is COc1cc(C(=O)N2CCC2C(=O)NO)cc(CCCF)c1OC. The van der Waals surface area contributed by atoms with E-state index in [0.29, 0.717) is 48.4 Å². The minimum atomic E-state index is -0.690. The van der Waals surface area contributed by atoms with Crippen molar-refractivity contribution in [3.8, 4) is 11.5 Å². The predicted molar refractivity (Wildman–Crippen MR) is 83.2 cm³/mol. The van der Waals surface area contributed by atoms with Crippen LogP contribution in [0.25, 0.3) is 0 Å². The van der Waals surface area contributed by atoms with E-state index in [4.69, 9.17) is 14.7 Å². The summed E-state index contributed by atoms with van der Waals surface area (Å²) in [5.74, 6) is -0.123. The van der Waals surface area contributed by atoms with Gasteiger partial charge in [0.25, 0.3) is 11.8 Å². The van der Waals surface area contributed by atoms with Crippen LogP contribution < -0.4 is 15.0 Å². The molecule has 2 amide bonds. The van der Waals surface area contributed by atoms with Crippen molar-refractivity contribution in [1.82, 2.24) is 10.4 Å². The summed E-state index contributed by atoms with van der Waals surface area (Å²) in [4.78, 5) is 25.5. The number of hydroxylamine groups is 1. The Morgan fingerprint density at radius 1 is 1.38 bits per heavy atom. The average molecular weight is 340 g/mol. The van der Waals surface area contributed by atoms with Crippen LogP contribution in [-0.2, 0) is 11.2 Å². The number of benzene rings is 1. The van der Waals surface area contributed by atoms with Gasteiger partial charge in [-0.15, -0.1) is 0 Å². The molecule has 1 saturated heterocycles. The van der Waals surface area contributed by atoms with Gasteiger partial charge in [-0.1, -0.05) is 0 Å². The highest BCUT2D eigenvalue weighted by Gasteiger charge is 2.38. The van der Waals surface area contributed by atoms with Gasteiger partial charge in [0.05, 0.1) is 20.9 Å². The van der Waals surface area contributed by atoms with Gasteiger partial charge in [0.1, 0.15) is 6.04 Å².